The van der Waals surface area contributed by atoms with Crippen LogP contribution in [-0.4, -0.2) is 23.5 Å². The summed E-state index contributed by atoms with van der Waals surface area (Å²) >= 11 is 0. The highest BCUT2D eigenvalue weighted by molar-refractivity contribution is 5.90. The molecule has 194 valence electrons. The maximum atomic E-state index is 13.8. The molecule has 6 rings (SSSR count). The van der Waals surface area contributed by atoms with Crippen molar-refractivity contribution in [1.29, 1.82) is 0 Å². The molecule has 7 nitrogen and oxygen atoms in total. The molecule has 7 heteroatoms. The number of H-pyrrole nitrogens is 1. The Morgan fingerprint density at radius 2 is 1.74 bits per heavy atom. The van der Waals surface area contributed by atoms with Crippen molar-refractivity contribution in [3.05, 3.63) is 106 Å². The molecule has 2 aliphatic rings. The number of carbonyl (C=O) groups excluding carboxylic acids is 2. The van der Waals surface area contributed by atoms with Crippen molar-refractivity contribution in [1.82, 2.24) is 4.98 Å². The van der Waals surface area contributed by atoms with Crippen molar-refractivity contribution in [2.24, 2.45) is 0 Å². The molecule has 3 atom stereocenters. The number of hydrogen-bond donors (Lipinski definition) is 3. The van der Waals surface area contributed by atoms with Gasteiger partial charge in [-0.1, -0.05) is 50.2 Å². The van der Waals surface area contributed by atoms with Crippen molar-refractivity contribution >= 4 is 34.0 Å². The number of nitrogens with one attached hydrogen (secondary N) is 3. The van der Waals surface area contributed by atoms with Crippen LogP contribution in [0.4, 0.5) is 16.2 Å². The lowest BCUT2D eigenvalue weighted by atomic mass is 9.88. The van der Waals surface area contributed by atoms with Crippen molar-refractivity contribution < 1.29 is 14.3 Å². The van der Waals surface area contributed by atoms with Gasteiger partial charge in [-0.15, -0.1) is 0 Å². The number of hydrogen-bond acceptors (Lipinski definition) is 5. The molecule has 38 heavy (non-hydrogen) atoms. The second-order valence-electron chi connectivity index (χ2n) is 10.1. The molecule has 3 N–H and O–H groups in total. The first-order chi connectivity index (χ1) is 18.3. The second-order valence-corrected chi connectivity index (χ2v) is 10.1. The maximum absolute atomic E-state index is 13.8. The lowest BCUT2D eigenvalue weighted by molar-refractivity contribution is -0.120. The molecular weight excluding hydrogens is 478 g/mol. The lowest BCUT2D eigenvalue weighted by Crippen LogP contribution is -2.23. The van der Waals surface area contributed by atoms with E-state index < -0.39 is 12.1 Å². The van der Waals surface area contributed by atoms with E-state index in [1.165, 1.54) is 0 Å². The number of amides is 1. The maximum Gasteiger partial charge on any atom is 0.411 e. The molecule has 1 amide bonds. The fraction of sp³-hybridized carbons (Fsp3) is 0.258. The minimum absolute atomic E-state index is 0.0246. The molecule has 3 heterocycles. The number of aromatic amines is 1. The van der Waals surface area contributed by atoms with E-state index >= 15 is 0 Å². The van der Waals surface area contributed by atoms with Crippen LogP contribution in [-0.2, 0) is 9.53 Å². The molecule has 4 bridgehead atoms. The highest BCUT2D eigenvalue weighted by Crippen LogP contribution is 2.31. The van der Waals surface area contributed by atoms with E-state index in [2.05, 4.69) is 15.6 Å². The fourth-order valence-electron chi connectivity index (χ4n) is 5.13. The summed E-state index contributed by atoms with van der Waals surface area (Å²) in [6, 6.07) is 20.3. The van der Waals surface area contributed by atoms with E-state index in [4.69, 9.17) is 4.74 Å². The molecule has 0 spiro atoms. The van der Waals surface area contributed by atoms with Crippen molar-refractivity contribution in [2.75, 3.05) is 17.2 Å². The molecule has 1 aromatic heterocycles. The van der Waals surface area contributed by atoms with Crippen LogP contribution >= 0.6 is 0 Å². The van der Waals surface area contributed by atoms with E-state index in [0.29, 0.717) is 16.8 Å². The van der Waals surface area contributed by atoms with Crippen LogP contribution in [0.15, 0.2) is 77.7 Å². The summed E-state index contributed by atoms with van der Waals surface area (Å²) in [6.07, 6.45) is 1.41. The van der Waals surface area contributed by atoms with E-state index in [1.807, 2.05) is 75.4 Å². The van der Waals surface area contributed by atoms with E-state index in [9.17, 15) is 14.4 Å². The molecule has 0 saturated heterocycles. The third kappa shape index (κ3) is 5.32. The van der Waals surface area contributed by atoms with E-state index in [-0.39, 0.29) is 36.2 Å². The van der Waals surface area contributed by atoms with Gasteiger partial charge in [0, 0.05) is 35.3 Å². The van der Waals surface area contributed by atoms with Crippen LogP contribution in [0.1, 0.15) is 60.4 Å². The van der Waals surface area contributed by atoms with Crippen LogP contribution in [0.3, 0.4) is 0 Å². The van der Waals surface area contributed by atoms with Gasteiger partial charge in [0.1, 0.15) is 6.04 Å². The molecule has 0 unspecified atom stereocenters. The molecule has 2 aliphatic heterocycles. The van der Waals surface area contributed by atoms with Crippen LogP contribution in [0, 0.1) is 6.92 Å². The number of aromatic nitrogens is 1. The van der Waals surface area contributed by atoms with Gasteiger partial charge in [0.15, 0.2) is 5.78 Å². The van der Waals surface area contributed by atoms with Crippen molar-refractivity contribution in [2.45, 2.75) is 45.1 Å². The number of ketones is 1. The fourth-order valence-corrected chi connectivity index (χ4v) is 5.13. The van der Waals surface area contributed by atoms with Gasteiger partial charge in [0.25, 0.3) is 5.56 Å². The Balaban J connectivity index is 1.55. The Hall–Kier alpha value is -4.39. The first-order valence-electron chi connectivity index (χ1n) is 12.8. The third-order valence-corrected chi connectivity index (χ3v) is 7.24. The third-order valence-electron chi connectivity index (χ3n) is 7.24. The number of Topliss-reactive ketones (excluding diaryl/α,β-unsaturated/α-hetero) is 1. The minimum Gasteiger partial charge on any atom is -0.449 e. The Morgan fingerprint density at radius 3 is 2.55 bits per heavy atom. The van der Waals surface area contributed by atoms with Gasteiger partial charge in [-0.25, -0.2) is 4.79 Å². The zero-order chi connectivity index (χ0) is 26.8. The molecular formula is C31H31N3O4. The number of ether oxygens (including phenoxy) is 1. The van der Waals surface area contributed by atoms with Crippen LogP contribution in [0.5, 0.6) is 0 Å². The summed E-state index contributed by atoms with van der Waals surface area (Å²) in [5, 5.41) is 7.61. The number of aryl methyl sites for hydroxylation is 1. The van der Waals surface area contributed by atoms with Gasteiger partial charge in [0.2, 0.25) is 0 Å². The first kappa shape index (κ1) is 25.3. The summed E-state index contributed by atoms with van der Waals surface area (Å²) < 4.78 is 5.51. The first-order valence-corrected chi connectivity index (χ1v) is 12.8. The molecule has 0 aliphatic carbocycles. The minimum atomic E-state index is -0.604. The zero-order valence-corrected chi connectivity index (χ0v) is 21.7. The highest BCUT2D eigenvalue weighted by atomic mass is 16.5. The van der Waals surface area contributed by atoms with E-state index in [0.717, 1.165) is 27.6 Å². The molecule has 4 aromatic rings. The summed E-state index contributed by atoms with van der Waals surface area (Å²) in [5.41, 5.74) is 5.00. The van der Waals surface area contributed by atoms with Crippen molar-refractivity contribution in [3.63, 3.8) is 0 Å². The summed E-state index contributed by atoms with van der Waals surface area (Å²) in [7, 11) is 0. The van der Waals surface area contributed by atoms with Crippen molar-refractivity contribution in [3.8, 4) is 0 Å². The van der Waals surface area contributed by atoms with Gasteiger partial charge in [-0.05, 0) is 70.8 Å². The number of rotatable bonds is 2. The van der Waals surface area contributed by atoms with Crippen LogP contribution in [0.25, 0.3) is 10.8 Å². The SMILES string of the molecule is Cc1cc2ccc1[C@@H](C)COC(=O)Nc1cccc(c1)[C@@H](C)CC(=O)[C@@H]2Nc1ccc2cc[nH]c(=O)c2c1. The number of benzene rings is 3. The predicted molar refractivity (Wildman–Crippen MR) is 150 cm³/mol. The molecule has 0 saturated carbocycles. The Kier molecular flexibility index (Phi) is 7.01. The topological polar surface area (TPSA) is 100 Å². The Bertz CT molecular complexity index is 1580. The standard InChI is InChI=1S/C31H31N3O4/c1-18-14-28(35)29(33-25-9-7-21-11-12-32-30(36)27(21)16-25)23-8-10-26(19(2)13-23)20(3)17-38-31(37)34-24-6-4-5-22(18)15-24/h4-13,15-16,18,20,29,33H,14,17H2,1-3H3,(H,32,36)(H,34,37)/t18-,20-,29+/m0/s1. The average Bonchev–Trinajstić information content (AvgIpc) is 2.90. The van der Waals surface area contributed by atoms with Gasteiger partial charge >= 0.3 is 6.09 Å². The largest absolute Gasteiger partial charge is 0.449 e. The molecule has 0 radical (unpaired) electrons. The highest BCUT2D eigenvalue weighted by Gasteiger charge is 2.25. The lowest BCUT2D eigenvalue weighted by Gasteiger charge is -2.24. The van der Waals surface area contributed by atoms with Gasteiger partial charge < -0.3 is 15.0 Å². The number of pyridine rings is 1. The normalized spacial score (nSPS) is 20.1. The molecule has 3 aromatic carbocycles. The summed E-state index contributed by atoms with van der Waals surface area (Å²) in [6.45, 7) is 6.24. The Morgan fingerprint density at radius 1 is 0.895 bits per heavy atom. The number of anilines is 2. The van der Waals surface area contributed by atoms with Gasteiger partial charge in [-0.2, -0.15) is 0 Å². The number of carbonyl (C=O) groups is 2. The monoisotopic (exact) mass is 509 g/mol. The second kappa shape index (κ2) is 10.5. The smallest absolute Gasteiger partial charge is 0.411 e. The average molecular weight is 510 g/mol. The van der Waals surface area contributed by atoms with Gasteiger partial charge in [-0.3, -0.25) is 14.9 Å². The van der Waals surface area contributed by atoms with E-state index in [1.54, 1.807) is 18.3 Å². The quantitative estimate of drug-likeness (QED) is 0.290. The van der Waals surface area contributed by atoms with Gasteiger partial charge in [0.05, 0.1) is 6.61 Å². The van der Waals surface area contributed by atoms with Crippen LogP contribution in [0.2, 0.25) is 0 Å². The zero-order valence-electron chi connectivity index (χ0n) is 21.7. The summed E-state index contributed by atoms with van der Waals surface area (Å²) in [5.74, 6) is -0.0784. The number of fused-ring (bicyclic) bond motifs is 10. The Labute approximate surface area is 221 Å². The van der Waals surface area contributed by atoms with Crippen LogP contribution < -0.4 is 16.2 Å². The predicted octanol–water partition coefficient (Wildman–Crippen LogP) is 6.42. The molecule has 0 fully saturated rings. The summed E-state index contributed by atoms with van der Waals surface area (Å²) in [4.78, 5) is 41.4.